The molecule has 0 saturated carbocycles. The summed E-state index contributed by atoms with van der Waals surface area (Å²) in [7, 11) is 0. The van der Waals surface area contributed by atoms with Gasteiger partial charge in [-0.2, -0.15) is 0 Å². The first-order valence-electron chi connectivity index (χ1n) is 5.29. The smallest absolute Gasteiger partial charge is 0.127 e. The number of rotatable bonds is 0. The SMILES string of the molecule is CC1NCC2(COCCOC2)OC1C. The molecule has 1 spiro atoms. The first-order chi connectivity index (χ1) is 6.72. The molecule has 2 aliphatic rings. The Labute approximate surface area is 84.9 Å². The van der Waals surface area contributed by atoms with Crippen LogP contribution in [0.4, 0.5) is 0 Å². The van der Waals surface area contributed by atoms with Crippen molar-refractivity contribution in [1.82, 2.24) is 5.32 Å². The summed E-state index contributed by atoms with van der Waals surface area (Å²) in [4.78, 5) is 0. The zero-order valence-electron chi connectivity index (χ0n) is 8.91. The van der Waals surface area contributed by atoms with Gasteiger partial charge in [0.15, 0.2) is 0 Å². The molecular weight excluding hydrogens is 182 g/mol. The standard InChI is InChI=1S/C10H19NO3/c1-8-9(2)14-10(5-11-8)6-12-3-4-13-7-10/h8-9,11H,3-7H2,1-2H3. The van der Waals surface area contributed by atoms with Gasteiger partial charge in [-0.1, -0.05) is 0 Å². The fraction of sp³-hybridized carbons (Fsp3) is 1.00. The van der Waals surface area contributed by atoms with Crippen LogP contribution in [0.25, 0.3) is 0 Å². The van der Waals surface area contributed by atoms with E-state index in [4.69, 9.17) is 14.2 Å². The van der Waals surface area contributed by atoms with Gasteiger partial charge in [0.2, 0.25) is 0 Å². The maximum Gasteiger partial charge on any atom is 0.127 e. The molecule has 4 nitrogen and oxygen atoms in total. The molecule has 0 aromatic carbocycles. The largest absolute Gasteiger partial charge is 0.376 e. The molecule has 1 N–H and O–H groups in total. The molecule has 2 saturated heterocycles. The molecule has 82 valence electrons. The fourth-order valence-electron chi connectivity index (χ4n) is 1.90. The maximum atomic E-state index is 5.99. The highest BCUT2D eigenvalue weighted by atomic mass is 16.6. The van der Waals surface area contributed by atoms with Crippen molar-refractivity contribution in [2.45, 2.75) is 31.6 Å². The zero-order valence-corrected chi connectivity index (χ0v) is 8.91. The summed E-state index contributed by atoms with van der Waals surface area (Å²) in [5.41, 5.74) is -0.261. The molecule has 2 rings (SSSR count). The van der Waals surface area contributed by atoms with E-state index >= 15 is 0 Å². The van der Waals surface area contributed by atoms with Gasteiger partial charge in [0.1, 0.15) is 5.60 Å². The lowest BCUT2D eigenvalue weighted by Crippen LogP contribution is -2.61. The second kappa shape index (κ2) is 4.14. The fourth-order valence-corrected chi connectivity index (χ4v) is 1.90. The monoisotopic (exact) mass is 201 g/mol. The molecule has 4 heteroatoms. The van der Waals surface area contributed by atoms with Gasteiger partial charge in [-0.25, -0.2) is 0 Å². The molecule has 0 aromatic rings. The van der Waals surface area contributed by atoms with Crippen LogP contribution in [0.5, 0.6) is 0 Å². The van der Waals surface area contributed by atoms with Crippen LogP contribution in [-0.4, -0.2) is 50.7 Å². The summed E-state index contributed by atoms with van der Waals surface area (Å²) in [6.45, 7) is 7.66. The first-order valence-corrected chi connectivity index (χ1v) is 5.29. The van der Waals surface area contributed by atoms with E-state index in [-0.39, 0.29) is 11.7 Å². The minimum atomic E-state index is -0.261. The summed E-state index contributed by atoms with van der Waals surface area (Å²) in [6, 6.07) is 0.406. The molecular formula is C10H19NO3. The molecule has 2 aliphatic heterocycles. The molecule has 0 amide bonds. The maximum absolute atomic E-state index is 5.99. The Morgan fingerprint density at radius 1 is 1.14 bits per heavy atom. The van der Waals surface area contributed by atoms with Gasteiger partial charge in [-0.15, -0.1) is 0 Å². The van der Waals surface area contributed by atoms with Gasteiger partial charge in [0.05, 0.1) is 32.5 Å². The number of morpholine rings is 1. The second-order valence-electron chi connectivity index (χ2n) is 4.28. The van der Waals surface area contributed by atoms with Gasteiger partial charge < -0.3 is 19.5 Å². The minimum Gasteiger partial charge on any atom is -0.376 e. The Bertz CT molecular complexity index is 190. The van der Waals surface area contributed by atoms with Crippen LogP contribution in [0.15, 0.2) is 0 Å². The summed E-state index contributed by atoms with van der Waals surface area (Å²) < 4.78 is 17.0. The van der Waals surface area contributed by atoms with E-state index < -0.39 is 0 Å². The third-order valence-electron chi connectivity index (χ3n) is 2.99. The van der Waals surface area contributed by atoms with Crippen LogP contribution in [-0.2, 0) is 14.2 Å². The van der Waals surface area contributed by atoms with Crippen LogP contribution < -0.4 is 5.32 Å². The highest BCUT2D eigenvalue weighted by molar-refractivity contribution is 4.92. The van der Waals surface area contributed by atoms with E-state index in [1.54, 1.807) is 0 Å². The average molecular weight is 201 g/mol. The second-order valence-corrected chi connectivity index (χ2v) is 4.28. The summed E-state index contributed by atoms with van der Waals surface area (Å²) in [6.07, 6.45) is 0.217. The third-order valence-corrected chi connectivity index (χ3v) is 2.99. The van der Waals surface area contributed by atoms with Crippen molar-refractivity contribution in [2.75, 3.05) is 33.0 Å². The van der Waals surface area contributed by atoms with E-state index in [9.17, 15) is 0 Å². The Kier molecular flexibility index (Phi) is 3.07. The molecule has 0 bridgehead atoms. The van der Waals surface area contributed by atoms with E-state index in [1.165, 1.54) is 0 Å². The predicted molar refractivity (Wildman–Crippen MR) is 52.4 cm³/mol. The van der Waals surface area contributed by atoms with Crippen LogP contribution in [0, 0.1) is 0 Å². The normalized spacial score (nSPS) is 38.1. The Morgan fingerprint density at radius 2 is 1.79 bits per heavy atom. The Morgan fingerprint density at radius 3 is 2.36 bits per heavy atom. The average Bonchev–Trinajstić information content (AvgIpc) is 2.39. The molecule has 0 aromatic heterocycles. The summed E-state index contributed by atoms with van der Waals surface area (Å²) >= 11 is 0. The van der Waals surface area contributed by atoms with Crippen molar-refractivity contribution in [3.05, 3.63) is 0 Å². The number of hydrogen-bond donors (Lipinski definition) is 1. The van der Waals surface area contributed by atoms with Crippen LogP contribution in [0.1, 0.15) is 13.8 Å². The topological polar surface area (TPSA) is 39.7 Å². The van der Waals surface area contributed by atoms with Gasteiger partial charge in [-0.3, -0.25) is 0 Å². The van der Waals surface area contributed by atoms with Crippen molar-refractivity contribution in [3.8, 4) is 0 Å². The van der Waals surface area contributed by atoms with Crippen molar-refractivity contribution in [3.63, 3.8) is 0 Å². The van der Waals surface area contributed by atoms with Crippen LogP contribution in [0.3, 0.4) is 0 Å². The van der Waals surface area contributed by atoms with Gasteiger partial charge in [0.25, 0.3) is 0 Å². The van der Waals surface area contributed by atoms with E-state index in [0.717, 1.165) is 6.54 Å². The lowest BCUT2D eigenvalue weighted by Gasteiger charge is -2.42. The molecule has 0 radical (unpaired) electrons. The number of ether oxygens (including phenoxy) is 3. The molecule has 2 unspecified atom stereocenters. The Balaban J connectivity index is 2.00. The number of nitrogens with one attached hydrogen (secondary N) is 1. The highest BCUT2D eigenvalue weighted by Gasteiger charge is 2.40. The molecule has 2 fully saturated rings. The van der Waals surface area contributed by atoms with Gasteiger partial charge in [-0.05, 0) is 13.8 Å². The van der Waals surface area contributed by atoms with Crippen LogP contribution >= 0.6 is 0 Å². The lowest BCUT2D eigenvalue weighted by atomic mass is 10.0. The predicted octanol–water partition coefficient (Wildman–Crippen LogP) is 0.169. The molecule has 2 heterocycles. The van der Waals surface area contributed by atoms with E-state index in [1.807, 2.05) is 0 Å². The number of hydrogen-bond acceptors (Lipinski definition) is 4. The summed E-state index contributed by atoms with van der Waals surface area (Å²) in [5.74, 6) is 0. The van der Waals surface area contributed by atoms with Gasteiger partial charge in [0, 0.05) is 12.6 Å². The van der Waals surface area contributed by atoms with Crippen molar-refractivity contribution in [2.24, 2.45) is 0 Å². The highest BCUT2D eigenvalue weighted by Crippen LogP contribution is 2.22. The summed E-state index contributed by atoms with van der Waals surface area (Å²) in [5, 5.41) is 3.44. The van der Waals surface area contributed by atoms with E-state index in [2.05, 4.69) is 19.2 Å². The van der Waals surface area contributed by atoms with Crippen molar-refractivity contribution >= 4 is 0 Å². The quantitative estimate of drug-likeness (QED) is 0.606. The van der Waals surface area contributed by atoms with Crippen molar-refractivity contribution < 1.29 is 14.2 Å². The zero-order chi connectivity index (χ0) is 10.0. The van der Waals surface area contributed by atoms with Crippen LogP contribution in [0.2, 0.25) is 0 Å². The first kappa shape index (κ1) is 10.4. The van der Waals surface area contributed by atoms with E-state index in [0.29, 0.717) is 32.5 Å². The molecule has 2 atom stereocenters. The molecule has 0 aliphatic carbocycles. The Hall–Kier alpha value is -0.160. The van der Waals surface area contributed by atoms with Gasteiger partial charge >= 0.3 is 0 Å². The minimum absolute atomic E-state index is 0.217. The lowest BCUT2D eigenvalue weighted by molar-refractivity contribution is -0.165. The third kappa shape index (κ3) is 2.08. The molecule has 14 heavy (non-hydrogen) atoms. The van der Waals surface area contributed by atoms with Crippen molar-refractivity contribution in [1.29, 1.82) is 0 Å².